The number of aromatic carboxylic acids is 1. The molecule has 5 rings (SSSR count). The summed E-state index contributed by atoms with van der Waals surface area (Å²) < 4.78 is 23.0. The van der Waals surface area contributed by atoms with Crippen LogP contribution in [0.5, 0.6) is 5.75 Å². The van der Waals surface area contributed by atoms with Crippen LogP contribution < -0.4 is 20.4 Å². The largest absolute Gasteiger partial charge is 0.487 e. The van der Waals surface area contributed by atoms with Crippen molar-refractivity contribution in [3.8, 4) is 5.75 Å². The van der Waals surface area contributed by atoms with Gasteiger partial charge in [-0.1, -0.05) is 6.07 Å². The highest BCUT2D eigenvalue weighted by molar-refractivity contribution is 5.97. The SMILES string of the molecule is CCNc1ccc2c(c1)CN(c1c(F)cc3c(=O)c(C(=O)O)cn4c3c1OCC4C)C2. The number of anilines is 2. The van der Waals surface area contributed by atoms with Crippen molar-refractivity contribution in [3.05, 3.63) is 63.2 Å². The van der Waals surface area contributed by atoms with Crippen molar-refractivity contribution in [3.63, 3.8) is 0 Å². The fraction of sp³-hybridized carbons (Fsp3) is 0.304. The molecule has 0 amide bonds. The summed E-state index contributed by atoms with van der Waals surface area (Å²) in [6.07, 6.45) is 1.34. The first-order valence-corrected chi connectivity index (χ1v) is 10.3. The number of pyridine rings is 1. The summed E-state index contributed by atoms with van der Waals surface area (Å²) in [7, 11) is 0. The summed E-state index contributed by atoms with van der Waals surface area (Å²) in [6, 6.07) is 7.08. The zero-order chi connectivity index (χ0) is 21.9. The highest BCUT2D eigenvalue weighted by atomic mass is 19.1. The summed E-state index contributed by atoms with van der Waals surface area (Å²) in [6.45, 7) is 6.01. The molecule has 0 fully saturated rings. The summed E-state index contributed by atoms with van der Waals surface area (Å²) >= 11 is 0. The van der Waals surface area contributed by atoms with E-state index in [4.69, 9.17) is 4.74 Å². The molecule has 1 aromatic heterocycles. The van der Waals surface area contributed by atoms with Gasteiger partial charge in [-0.2, -0.15) is 0 Å². The van der Waals surface area contributed by atoms with E-state index in [0.717, 1.165) is 29.4 Å². The molecule has 31 heavy (non-hydrogen) atoms. The first-order valence-electron chi connectivity index (χ1n) is 10.3. The molecular formula is C23H22FN3O4. The van der Waals surface area contributed by atoms with Gasteiger partial charge in [0, 0.05) is 31.5 Å². The highest BCUT2D eigenvalue weighted by Gasteiger charge is 2.32. The number of rotatable bonds is 4. The van der Waals surface area contributed by atoms with Crippen molar-refractivity contribution < 1.29 is 19.0 Å². The van der Waals surface area contributed by atoms with E-state index < -0.39 is 17.2 Å². The Hall–Kier alpha value is -3.55. The summed E-state index contributed by atoms with van der Waals surface area (Å²) in [5.74, 6) is -1.63. The minimum absolute atomic E-state index is 0.0221. The van der Waals surface area contributed by atoms with Crippen molar-refractivity contribution in [1.29, 1.82) is 0 Å². The van der Waals surface area contributed by atoms with Gasteiger partial charge in [-0.25, -0.2) is 9.18 Å². The van der Waals surface area contributed by atoms with Crippen molar-refractivity contribution in [1.82, 2.24) is 4.57 Å². The molecule has 0 aliphatic carbocycles. The number of hydrogen-bond donors (Lipinski definition) is 2. The predicted molar refractivity (Wildman–Crippen MR) is 116 cm³/mol. The van der Waals surface area contributed by atoms with E-state index in [1.165, 1.54) is 6.20 Å². The maximum absolute atomic E-state index is 15.4. The Labute approximate surface area is 177 Å². The van der Waals surface area contributed by atoms with E-state index in [1.54, 1.807) is 4.57 Å². The Bertz CT molecular complexity index is 1300. The monoisotopic (exact) mass is 423 g/mol. The predicted octanol–water partition coefficient (Wildman–Crippen LogP) is 3.74. The molecule has 2 aliphatic heterocycles. The summed E-state index contributed by atoms with van der Waals surface area (Å²) in [5, 5.41) is 12.7. The van der Waals surface area contributed by atoms with Gasteiger partial charge in [0.05, 0.1) is 16.9 Å². The summed E-state index contributed by atoms with van der Waals surface area (Å²) in [4.78, 5) is 26.2. The van der Waals surface area contributed by atoms with Crippen LogP contribution in [0.3, 0.4) is 0 Å². The third kappa shape index (κ3) is 2.93. The van der Waals surface area contributed by atoms with Gasteiger partial charge in [0.15, 0.2) is 11.6 Å². The zero-order valence-electron chi connectivity index (χ0n) is 17.2. The first kappa shape index (κ1) is 19.4. The van der Waals surface area contributed by atoms with Gasteiger partial charge in [-0.3, -0.25) is 4.79 Å². The second-order valence-electron chi connectivity index (χ2n) is 8.05. The Balaban J connectivity index is 1.68. The molecule has 1 atom stereocenters. The van der Waals surface area contributed by atoms with Crippen molar-refractivity contribution >= 4 is 28.2 Å². The minimum atomic E-state index is -1.33. The number of carbonyl (C=O) groups is 1. The van der Waals surface area contributed by atoms with Crippen LogP contribution in [0, 0.1) is 5.82 Å². The van der Waals surface area contributed by atoms with Gasteiger partial charge in [0.25, 0.3) is 0 Å². The molecular weight excluding hydrogens is 401 g/mol. The number of benzene rings is 2. The quantitative estimate of drug-likeness (QED) is 0.665. The second-order valence-corrected chi connectivity index (χ2v) is 8.05. The van der Waals surface area contributed by atoms with Crippen LogP contribution in [-0.2, 0) is 13.1 Å². The maximum Gasteiger partial charge on any atom is 0.341 e. The molecule has 3 aromatic rings. The maximum atomic E-state index is 15.4. The van der Waals surface area contributed by atoms with Gasteiger partial charge in [0.1, 0.15) is 17.9 Å². The first-order chi connectivity index (χ1) is 14.9. The molecule has 0 bridgehead atoms. The number of nitrogens with one attached hydrogen (secondary N) is 1. The lowest BCUT2D eigenvalue weighted by molar-refractivity contribution is 0.0694. The van der Waals surface area contributed by atoms with Crippen LogP contribution in [0.2, 0.25) is 0 Å². The van der Waals surface area contributed by atoms with E-state index >= 15 is 4.39 Å². The van der Waals surface area contributed by atoms with Crippen LogP contribution >= 0.6 is 0 Å². The highest BCUT2D eigenvalue weighted by Crippen LogP contribution is 2.44. The number of ether oxygens (including phenoxy) is 1. The molecule has 0 radical (unpaired) electrons. The van der Waals surface area contributed by atoms with Gasteiger partial charge < -0.3 is 24.6 Å². The van der Waals surface area contributed by atoms with E-state index in [0.29, 0.717) is 30.0 Å². The molecule has 2 aliphatic rings. The normalized spacial score (nSPS) is 16.9. The molecule has 2 aromatic carbocycles. The van der Waals surface area contributed by atoms with Crippen LogP contribution in [0.4, 0.5) is 15.8 Å². The Kier molecular flexibility index (Phi) is 4.39. The number of fused-ring (bicyclic) bond motifs is 1. The molecule has 1 unspecified atom stereocenters. The number of nitrogens with zero attached hydrogens (tertiary/aromatic N) is 2. The lowest BCUT2D eigenvalue weighted by Gasteiger charge is -2.31. The number of carboxylic acid groups (broad SMARTS) is 1. The molecule has 2 N–H and O–H groups in total. The number of carboxylic acids is 1. The van der Waals surface area contributed by atoms with Crippen LogP contribution in [-0.4, -0.2) is 28.8 Å². The van der Waals surface area contributed by atoms with Crippen LogP contribution in [0.15, 0.2) is 35.3 Å². The fourth-order valence-electron chi connectivity index (χ4n) is 4.53. The fourth-order valence-corrected chi connectivity index (χ4v) is 4.53. The molecule has 0 saturated carbocycles. The third-order valence-corrected chi connectivity index (χ3v) is 6.00. The van der Waals surface area contributed by atoms with Crippen molar-refractivity contribution in [2.45, 2.75) is 33.0 Å². The second kappa shape index (κ2) is 7.01. The average Bonchev–Trinajstić information content (AvgIpc) is 3.14. The molecule has 3 heterocycles. The van der Waals surface area contributed by atoms with Crippen molar-refractivity contribution in [2.75, 3.05) is 23.4 Å². The number of aromatic nitrogens is 1. The standard InChI is InChI=1S/C23H22FN3O4/c1-3-25-15-5-4-13-8-26(9-14(13)6-15)20-18(24)7-16-19-22(20)31-11-12(2)27(19)10-17(21(16)28)23(29)30/h4-7,10,12,25H,3,8-9,11H2,1-2H3,(H,29,30). The smallest absolute Gasteiger partial charge is 0.341 e. The van der Waals surface area contributed by atoms with Gasteiger partial charge >= 0.3 is 5.97 Å². The molecule has 0 saturated heterocycles. The molecule has 0 spiro atoms. The Morgan fingerprint density at radius 1 is 1.29 bits per heavy atom. The van der Waals surface area contributed by atoms with E-state index in [2.05, 4.69) is 11.4 Å². The third-order valence-electron chi connectivity index (χ3n) is 6.00. The minimum Gasteiger partial charge on any atom is -0.487 e. The summed E-state index contributed by atoms with van der Waals surface area (Å²) in [5.41, 5.74) is 2.89. The van der Waals surface area contributed by atoms with Crippen LogP contribution in [0.25, 0.3) is 10.9 Å². The average molecular weight is 423 g/mol. The van der Waals surface area contributed by atoms with Gasteiger partial charge in [-0.05, 0) is 43.2 Å². The number of halogens is 1. The van der Waals surface area contributed by atoms with Gasteiger partial charge in [0.2, 0.25) is 5.43 Å². The lowest BCUT2D eigenvalue weighted by atomic mass is 10.1. The molecule has 7 nitrogen and oxygen atoms in total. The van der Waals surface area contributed by atoms with E-state index in [-0.39, 0.29) is 23.6 Å². The Morgan fingerprint density at radius 2 is 2.06 bits per heavy atom. The number of hydrogen-bond acceptors (Lipinski definition) is 5. The van der Waals surface area contributed by atoms with Crippen molar-refractivity contribution in [2.24, 2.45) is 0 Å². The molecule has 8 heteroatoms. The topological polar surface area (TPSA) is 83.8 Å². The van der Waals surface area contributed by atoms with Crippen LogP contribution in [0.1, 0.15) is 41.4 Å². The van der Waals surface area contributed by atoms with E-state index in [1.807, 2.05) is 30.9 Å². The lowest BCUT2D eigenvalue weighted by Crippen LogP contribution is -2.28. The Morgan fingerprint density at radius 3 is 2.81 bits per heavy atom. The van der Waals surface area contributed by atoms with E-state index in [9.17, 15) is 14.7 Å². The molecule has 160 valence electrons. The van der Waals surface area contributed by atoms with Gasteiger partial charge in [-0.15, -0.1) is 0 Å². The zero-order valence-corrected chi connectivity index (χ0v) is 17.2.